The maximum absolute atomic E-state index is 10.1. The van der Waals surface area contributed by atoms with Crippen LogP contribution in [0.4, 0.5) is 5.69 Å². The molecule has 1 aromatic rings. The molecule has 0 saturated carbocycles. The lowest BCUT2D eigenvalue weighted by Gasteiger charge is -2.22. The zero-order valence-corrected chi connectivity index (χ0v) is 11.6. The van der Waals surface area contributed by atoms with E-state index < -0.39 is 0 Å². The van der Waals surface area contributed by atoms with Crippen LogP contribution in [0, 0.1) is 0 Å². The predicted octanol–water partition coefficient (Wildman–Crippen LogP) is 2.81. The molecule has 0 radical (unpaired) electrons. The van der Waals surface area contributed by atoms with Gasteiger partial charge in [-0.1, -0.05) is 26.0 Å². The highest BCUT2D eigenvalue weighted by atomic mass is 16.3. The van der Waals surface area contributed by atoms with Crippen molar-refractivity contribution in [2.24, 2.45) is 0 Å². The monoisotopic (exact) mass is 250 g/mol. The first-order chi connectivity index (χ1) is 8.67. The third kappa shape index (κ3) is 5.07. The molecular weight excluding hydrogens is 224 g/mol. The van der Waals surface area contributed by atoms with Crippen molar-refractivity contribution in [2.45, 2.75) is 39.2 Å². The van der Waals surface area contributed by atoms with E-state index in [1.54, 1.807) is 0 Å². The zero-order valence-electron chi connectivity index (χ0n) is 11.6. The van der Waals surface area contributed by atoms with Crippen LogP contribution in [0.25, 0.3) is 0 Å². The molecule has 0 spiro atoms. The van der Waals surface area contributed by atoms with E-state index in [1.807, 2.05) is 24.3 Å². The van der Waals surface area contributed by atoms with Gasteiger partial charge in [-0.2, -0.15) is 0 Å². The molecular formula is C15H26N2O. The van der Waals surface area contributed by atoms with E-state index in [4.69, 9.17) is 5.73 Å². The van der Waals surface area contributed by atoms with E-state index in [0.717, 1.165) is 50.1 Å². The molecule has 0 bridgehead atoms. The van der Waals surface area contributed by atoms with Crippen molar-refractivity contribution in [2.75, 3.05) is 25.4 Å². The van der Waals surface area contributed by atoms with E-state index in [0.29, 0.717) is 0 Å². The highest BCUT2D eigenvalue weighted by molar-refractivity contribution is 5.39. The van der Waals surface area contributed by atoms with Gasteiger partial charge in [0.1, 0.15) is 0 Å². The Labute approximate surface area is 111 Å². The second-order valence-electron chi connectivity index (χ2n) is 4.81. The largest absolute Gasteiger partial charge is 0.399 e. The number of nitrogens with zero attached hydrogens (tertiary/aromatic N) is 1. The Morgan fingerprint density at radius 1 is 1.06 bits per heavy atom. The molecule has 1 aromatic carbocycles. The minimum absolute atomic E-state index is 0.387. The van der Waals surface area contributed by atoms with Crippen molar-refractivity contribution in [3.8, 4) is 0 Å². The van der Waals surface area contributed by atoms with Crippen molar-refractivity contribution in [1.29, 1.82) is 0 Å². The summed E-state index contributed by atoms with van der Waals surface area (Å²) in [5.41, 5.74) is 7.33. The van der Waals surface area contributed by atoms with Crippen molar-refractivity contribution in [1.82, 2.24) is 4.90 Å². The van der Waals surface area contributed by atoms with Crippen LogP contribution in [0.1, 0.15) is 44.8 Å². The Hall–Kier alpha value is -1.06. The van der Waals surface area contributed by atoms with Gasteiger partial charge in [0.15, 0.2) is 0 Å². The van der Waals surface area contributed by atoms with Crippen molar-refractivity contribution in [3.05, 3.63) is 29.8 Å². The Morgan fingerprint density at radius 3 is 2.11 bits per heavy atom. The van der Waals surface area contributed by atoms with Crippen molar-refractivity contribution < 1.29 is 5.11 Å². The number of hydrogen-bond acceptors (Lipinski definition) is 3. The fourth-order valence-electron chi connectivity index (χ4n) is 2.16. The lowest BCUT2D eigenvalue weighted by atomic mass is 10.1. The Bertz CT molecular complexity index is 318. The van der Waals surface area contributed by atoms with Gasteiger partial charge in [0.2, 0.25) is 0 Å². The summed E-state index contributed by atoms with van der Waals surface area (Å²) in [6.45, 7) is 7.57. The zero-order chi connectivity index (χ0) is 13.4. The van der Waals surface area contributed by atoms with E-state index >= 15 is 0 Å². The van der Waals surface area contributed by atoms with E-state index in [2.05, 4.69) is 18.7 Å². The molecule has 0 saturated heterocycles. The summed E-state index contributed by atoms with van der Waals surface area (Å²) in [4.78, 5) is 2.42. The first-order valence-corrected chi connectivity index (χ1v) is 6.93. The molecule has 1 atom stereocenters. The van der Waals surface area contributed by atoms with E-state index in [-0.39, 0.29) is 6.10 Å². The third-order valence-electron chi connectivity index (χ3n) is 3.12. The van der Waals surface area contributed by atoms with Gasteiger partial charge in [0.25, 0.3) is 0 Å². The molecule has 0 aliphatic rings. The van der Waals surface area contributed by atoms with Gasteiger partial charge in [-0.05, 0) is 50.0 Å². The fraction of sp³-hybridized carbons (Fsp3) is 0.600. The minimum Gasteiger partial charge on any atom is -0.399 e. The average Bonchev–Trinajstić information content (AvgIpc) is 2.37. The molecule has 0 aliphatic heterocycles. The second-order valence-corrected chi connectivity index (χ2v) is 4.81. The maximum Gasteiger partial charge on any atom is 0.0802 e. The molecule has 0 fully saturated rings. The Kier molecular flexibility index (Phi) is 6.76. The van der Waals surface area contributed by atoms with Crippen molar-refractivity contribution >= 4 is 5.69 Å². The summed E-state index contributed by atoms with van der Waals surface area (Å²) in [6, 6.07) is 7.50. The van der Waals surface area contributed by atoms with Gasteiger partial charge in [0, 0.05) is 12.2 Å². The smallest absolute Gasteiger partial charge is 0.0802 e. The SMILES string of the molecule is CCCN(CCC)CCC(O)c1ccc(N)cc1. The molecule has 102 valence electrons. The second kappa shape index (κ2) is 8.11. The molecule has 1 unspecified atom stereocenters. The Balaban J connectivity index is 2.43. The quantitative estimate of drug-likeness (QED) is 0.698. The van der Waals surface area contributed by atoms with Crippen LogP contribution in [0.3, 0.4) is 0 Å². The van der Waals surface area contributed by atoms with Gasteiger partial charge >= 0.3 is 0 Å². The number of aliphatic hydroxyl groups is 1. The highest BCUT2D eigenvalue weighted by Gasteiger charge is 2.10. The highest BCUT2D eigenvalue weighted by Crippen LogP contribution is 2.18. The lowest BCUT2D eigenvalue weighted by molar-refractivity contribution is 0.141. The molecule has 18 heavy (non-hydrogen) atoms. The topological polar surface area (TPSA) is 49.5 Å². The van der Waals surface area contributed by atoms with E-state index in [1.165, 1.54) is 0 Å². The summed E-state index contributed by atoms with van der Waals surface area (Å²) < 4.78 is 0. The molecule has 1 rings (SSSR count). The minimum atomic E-state index is -0.387. The van der Waals surface area contributed by atoms with Crippen molar-refractivity contribution in [3.63, 3.8) is 0 Å². The number of benzene rings is 1. The van der Waals surface area contributed by atoms with Crippen LogP contribution in [0.5, 0.6) is 0 Å². The predicted molar refractivity (Wildman–Crippen MR) is 77.5 cm³/mol. The normalized spacial score (nSPS) is 12.9. The third-order valence-corrected chi connectivity index (χ3v) is 3.12. The van der Waals surface area contributed by atoms with Crippen LogP contribution in [-0.2, 0) is 0 Å². The molecule has 3 heteroatoms. The molecule has 0 heterocycles. The van der Waals surface area contributed by atoms with Gasteiger partial charge in [-0.25, -0.2) is 0 Å². The first-order valence-electron chi connectivity index (χ1n) is 6.93. The van der Waals surface area contributed by atoms with Gasteiger partial charge < -0.3 is 15.7 Å². The summed E-state index contributed by atoms with van der Waals surface area (Å²) in [5, 5.41) is 10.1. The molecule has 0 aromatic heterocycles. The first kappa shape index (κ1) is 15.0. The molecule has 0 aliphatic carbocycles. The van der Waals surface area contributed by atoms with Gasteiger partial charge in [0.05, 0.1) is 6.10 Å². The van der Waals surface area contributed by atoms with Crippen LogP contribution < -0.4 is 5.73 Å². The Morgan fingerprint density at radius 2 is 1.61 bits per heavy atom. The molecule has 0 amide bonds. The lowest BCUT2D eigenvalue weighted by Crippen LogP contribution is -2.27. The summed E-state index contributed by atoms with van der Waals surface area (Å²) in [5.74, 6) is 0. The molecule has 3 N–H and O–H groups in total. The number of anilines is 1. The van der Waals surface area contributed by atoms with Gasteiger partial charge in [-0.3, -0.25) is 0 Å². The van der Waals surface area contributed by atoms with Crippen LogP contribution in [0.2, 0.25) is 0 Å². The summed E-state index contributed by atoms with van der Waals surface area (Å²) >= 11 is 0. The van der Waals surface area contributed by atoms with Crippen LogP contribution in [0.15, 0.2) is 24.3 Å². The maximum atomic E-state index is 10.1. The number of hydrogen-bond donors (Lipinski definition) is 2. The number of nitrogens with two attached hydrogens (primary N) is 1. The average molecular weight is 250 g/mol. The summed E-state index contributed by atoms with van der Waals surface area (Å²) in [7, 11) is 0. The molecule has 3 nitrogen and oxygen atoms in total. The van der Waals surface area contributed by atoms with Gasteiger partial charge in [-0.15, -0.1) is 0 Å². The van der Waals surface area contributed by atoms with Crippen LogP contribution >= 0.6 is 0 Å². The number of aliphatic hydroxyl groups excluding tert-OH is 1. The number of rotatable bonds is 8. The summed E-state index contributed by atoms with van der Waals surface area (Å²) in [6.07, 6.45) is 2.72. The fourth-order valence-corrected chi connectivity index (χ4v) is 2.16. The van der Waals surface area contributed by atoms with Crippen LogP contribution in [-0.4, -0.2) is 29.6 Å². The standard InChI is InChI=1S/C15H26N2O/c1-3-10-17(11-4-2)12-9-15(18)13-5-7-14(16)8-6-13/h5-8,15,18H,3-4,9-12,16H2,1-2H3. The number of nitrogen functional groups attached to an aromatic ring is 1. The van der Waals surface area contributed by atoms with E-state index in [9.17, 15) is 5.11 Å².